The van der Waals surface area contributed by atoms with E-state index in [-0.39, 0.29) is 5.91 Å². The predicted molar refractivity (Wildman–Crippen MR) is 82.4 cm³/mol. The van der Waals surface area contributed by atoms with Gasteiger partial charge in [0.1, 0.15) is 0 Å². The monoisotopic (exact) mass is 284 g/mol. The molecule has 0 aliphatic rings. The van der Waals surface area contributed by atoms with E-state index >= 15 is 0 Å². The summed E-state index contributed by atoms with van der Waals surface area (Å²) in [6.07, 6.45) is 1.86. The minimum Gasteiger partial charge on any atom is -0.361 e. The fourth-order valence-corrected chi connectivity index (χ4v) is 2.38. The zero-order chi connectivity index (χ0) is 14.1. The van der Waals surface area contributed by atoms with Gasteiger partial charge in [-0.3, -0.25) is 4.79 Å². The molecule has 0 unspecified atom stereocenters. The third-order valence-electron chi connectivity index (χ3n) is 3.25. The van der Waals surface area contributed by atoms with Crippen LogP contribution in [0.5, 0.6) is 0 Å². The van der Waals surface area contributed by atoms with Gasteiger partial charge in [-0.25, -0.2) is 0 Å². The molecule has 3 rings (SSSR count). The van der Waals surface area contributed by atoms with Gasteiger partial charge in [0.2, 0.25) is 0 Å². The molecule has 0 spiro atoms. The number of aryl methyl sites for hydroxylation is 1. The molecule has 1 amide bonds. The summed E-state index contributed by atoms with van der Waals surface area (Å²) >= 11 is 5.91. The summed E-state index contributed by atoms with van der Waals surface area (Å²) < 4.78 is 0. The molecule has 0 aliphatic heterocycles. The van der Waals surface area contributed by atoms with Crippen LogP contribution in [0.1, 0.15) is 15.9 Å². The molecule has 2 aromatic carbocycles. The van der Waals surface area contributed by atoms with Crippen molar-refractivity contribution in [1.82, 2.24) is 4.98 Å². The number of aromatic amines is 1. The maximum atomic E-state index is 12.3. The van der Waals surface area contributed by atoms with Crippen molar-refractivity contribution in [1.29, 1.82) is 0 Å². The number of nitrogens with one attached hydrogen (secondary N) is 2. The zero-order valence-electron chi connectivity index (χ0n) is 10.9. The molecule has 1 aromatic heterocycles. The lowest BCUT2D eigenvalue weighted by Gasteiger charge is -2.08. The lowest BCUT2D eigenvalue weighted by Crippen LogP contribution is -2.12. The molecule has 0 saturated carbocycles. The van der Waals surface area contributed by atoms with E-state index in [9.17, 15) is 4.79 Å². The topological polar surface area (TPSA) is 44.9 Å². The van der Waals surface area contributed by atoms with Gasteiger partial charge in [-0.1, -0.05) is 17.7 Å². The first-order valence-electron chi connectivity index (χ1n) is 6.28. The molecule has 0 saturated heterocycles. The van der Waals surface area contributed by atoms with Gasteiger partial charge in [0.05, 0.1) is 0 Å². The van der Waals surface area contributed by atoms with E-state index in [1.54, 1.807) is 6.07 Å². The SMILES string of the molecule is Cc1cc(Cl)ccc1NC(=O)c1ccc2cc[nH]c2c1. The van der Waals surface area contributed by atoms with E-state index in [2.05, 4.69) is 10.3 Å². The third kappa shape index (κ3) is 2.40. The molecule has 0 atom stereocenters. The zero-order valence-corrected chi connectivity index (χ0v) is 11.7. The van der Waals surface area contributed by atoms with Crippen molar-refractivity contribution in [3.8, 4) is 0 Å². The largest absolute Gasteiger partial charge is 0.361 e. The number of anilines is 1. The lowest BCUT2D eigenvalue weighted by atomic mass is 10.1. The molecule has 0 fully saturated rings. The average Bonchev–Trinajstić information content (AvgIpc) is 2.89. The van der Waals surface area contributed by atoms with Crippen LogP contribution in [0.25, 0.3) is 10.9 Å². The minimum atomic E-state index is -0.132. The van der Waals surface area contributed by atoms with E-state index in [0.717, 1.165) is 22.2 Å². The van der Waals surface area contributed by atoms with Gasteiger partial charge in [-0.15, -0.1) is 0 Å². The highest BCUT2D eigenvalue weighted by Crippen LogP contribution is 2.21. The molecule has 100 valence electrons. The highest BCUT2D eigenvalue weighted by Gasteiger charge is 2.09. The molecule has 3 nitrogen and oxygen atoms in total. The summed E-state index contributed by atoms with van der Waals surface area (Å²) in [4.78, 5) is 15.4. The second kappa shape index (κ2) is 5.02. The quantitative estimate of drug-likeness (QED) is 0.720. The predicted octanol–water partition coefficient (Wildman–Crippen LogP) is 4.38. The summed E-state index contributed by atoms with van der Waals surface area (Å²) in [5.74, 6) is -0.132. The average molecular weight is 285 g/mol. The first-order valence-corrected chi connectivity index (χ1v) is 6.66. The van der Waals surface area contributed by atoms with Gasteiger partial charge in [-0.2, -0.15) is 0 Å². The van der Waals surface area contributed by atoms with Crippen LogP contribution in [-0.4, -0.2) is 10.9 Å². The third-order valence-corrected chi connectivity index (χ3v) is 3.49. The summed E-state index contributed by atoms with van der Waals surface area (Å²) in [6.45, 7) is 1.91. The Bertz CT molecular complexity index is 792. The summed E-state index contributed by atoms with van der Waals surface area (Å²) in [7, 11) is 0. The van der Waals surface area contributed by atoms with Crippen molar-refractivity contribution >= 4 is 34.1 Å². The number of H-pyrrole nitrogens is 1. The highest BCUT2D eigenvalue weighted by molar-refractivity contribution is 6.30. The number of carbonyl (C=O) groups is 1. The van der Waals surface area contributed by atoms with Crippen LogP contribution in [0.2, 0.25) is 5.02 Å². The number of benzene rings is 2. The van der Waals surface area contributed by atoms with Gasteiger partial charge >= 0.3 is 0 Å². The first kappa shape index (κ1) is 12.8. The number of rotatable bonds is 2. The molecular weight excluding hydrogens is 272 g/mol. The Morgan fingerprint density at radius 1 is 1.15 bits per heavy atom. The van der Waals surface area contributed by atoms with Crippen molar-refractivity contribution in [2.45, 2.75) is 6.92 Å². The van der Waals surface area contributed by atoms with Crippen molar-refractivity contribution < 1.29 is 4.79 Å². The van der Waals surface area contributed by atoms with Crippen LogP contribution in [-0.2, 0) is 0 Å². The van der Waals surface area contributed by atoms with Crippen LogP contribution in [0.3, 0.4) is 0 Å². The number of halogens is 1. The maximum Gasteiger partial charge on any atom is 0.255 e. The number of amides is 1. The molecule has 0 aliphatic carbocycles. The Morgan fingerprint density at radius 3 is 2.80 bits per heavy atom. The minimum absolute atomic E-state index is 0.132. The summed E-state index contributed by atoms with van der Waals surface area (Å²) in [6, 6.07) is 13.0. The number of fused-ring (bicyclic) bond motifs is 1. The Labute approximate surface area is 121 Å². The first-order chi connectivity index (χ1) is 9.63. The molecule has 0 bridgehead atoms. The van der Waals surface area contributed by atoms with Crippen LogP contribution in [0, 0.1) is 6.92 Å². The number of carbonyl (C=O) groups excluding carboxylic acids is 1. The molecule has 20 heavy (non-hydrogen) atoms. The second-order valence-electron chi connectivity index (χ2n) is 4.69. The van der Waals surface area contributed by atoms with Crippen LogP contribution >= 0.6 is 11.6 Å². The van der Waals surface area contributed by atoms with Crippen molar-refractivity contribution in [3.05, 3.63) is 64.8 Å². The lowest BCUT2D eigenvalue weighted by molar-refractivity contribution is 0.102. The van der Waals surface area contributed by atoms with Gasteiger partial charge in [-0.05, 0) is 54.3 Å². The Balaban J connectivity index is 1.88. The van der Waals surface area contributed by atoms with E-state index in [1.165, 1.54) is 0 Å². The van der Waals surface area contributed by atoms with E-state index in [1.807, 2.05) is 49.5 Å². The number of hydrogen-bond donors (Lipinski definition) is 2. The van der Waals surface area contributed by atoms with E-state index < -0.39 is 0 Å². The van der Waals surface area contributed by atoms with Crippen molar-refractivity contribution in [2.24, 2.45) is 0 Å². The second-order valence-corrected chi connectivity index (χ2v) is 5.13. The highest BCUT2D eigenvalue weighted by atomic mass is 35.5. The maximum absolute atomic E-state index is 12.3. The van der Waals surface area contributed by atoms with Crippen LogP contribution in [0.4, 0.5) is 5.69 Å². The Kier molecular flexibility index (Phi) is 3.20. The molecule has 0 radical (unpaired) electrons. The standard InChI is InChI=1S/C16H13ClN2O/c1-10-8-13(17)4-5-14(10)19-16(20)12-3-2-11-6-7-18-15(11)9-12/h2-9,18H,1H3,(H,19,20). The van der Waals surface area contributed by atoms with Gasteiger partial charge in [0.25, 0.3) is 5.91 Å². The normalized spacial score (nSPS) is 10.7. The van der Waals surface area contributed by atoms with Gasteiger partial charge in [0.15, 0.2) is 0 Å². The van der Waals surface area contributed by atoms with Crippen LogP contribution < -0.4 is 5.32 Å². The fourth-order valence-electron chi connectivity index (χ4n) is 2.15. The van der Waals surface area contributed by atoms with Crippen molar-refractivity contribution in [2.75, 3.05) is 5.32 Å². The summed E-state index contributed by atoms with van der Waals surface area (Å²) in [5, 5.41) is 4.65. The fraction of sp³-hybridized carbons (Fsp3) is 0.0625. The number of aromatic nitrogens is 1. The molecule has 2 N–H and O–H groups in total. The molecule has 4 heteroatoms. The van der Waals surface area contributed by atoms with E-state index in [4.69, 9.17) is 11.6 Å². The van der Waals surface area contributed by atoms with E-state index in [0.29, 0.717) is 10.6 Å². The van der Waals surface area contributed by atoms with Gasteiger partial charge in [0, 0.05) is 28.0 Å². The Hall–Kier alpha value is -2.26. The molecular formula is C16H13ClN2O. The van der Waals surface area contributed by atoms with Crippen LogP contribution in [0.15, 0.2) is 48.7 Å². The number of hydrogen-bond acceptors (Lipinski definition) is 1. The van der Waals surface area contributed by atoms with Crippen molar-refractivity contribution in [3.63, 3.8) is 0 Å². The smallest absolute Gasteiger partial charge is 0.255 e. The molecule has 3 aromatic rings. The summed E-state index contributed by atoms with van der Waals surface area (Å²) in [5.41, 5.74) is 3.28. The van der Waals surface area contributed by atoms with Gasteiger partial charge < -0.3 is 10.3 Å². The molecule has 1 heterocycles. The Morgan fingerprint density at radius 2 is 2.00 bits per heavy atom.